The van der Waals surface area contributed by atoms with Gasteiger partial charge in [-0.05, 0) is 71.4 Å². The zero-order valence-electron chi connectivity index (χ0n) is 20.9. The van der Waals surface area contributed by atoms with Crippen LogP contribution in [0.25, 0.3) is 0 Å². The van der Waals surface area contributed by atoms with Crippen LogP contribution in [0.15, 0.2) is 108 Å². The number of rotatable bonds is 9. The molecule has 0 bridgehead atoms. The van der Waals surface area contributed by atoms with Crippen LogP contribution >= 0.6 is 12.2 Å². The molecule has 1 N–H and O–H groups in total. The Morgan fingerprint density at radius 3 is 2.10 bits per heavy atom. The fourth-order valence-corrected chi connectivity index (χ4v) is 5.62. The Balaban J connectivity index is 1.81. The van der Waals surface area contributed by atoms with Gasteiger partial charge in [-0.15, -0.1) is 4.41 Å². The molecule has 0 aliphatic rings. The van der Waals surface area contributed by atoms with Gasteiger partial charge in [0.05, 0.1) is 23.5 Å². The number of nitrogens with zero attached hydrogens (tertiary/aromatic N) is 3. The van der Waals surface area contributed by atoms with E-state index < -0.39 is 34.1 Å². The van der Waals surface area contributed by atoms with Crippen molar-refractivity contribution in [3.63, 3.8) is 0 Å². The molecule has 0 aliphatic heterocycles. The van der Waals surface area contributed by atoms with Crippen LogP contribution in [0.1, 0.15) is 22.3 Å². The van der Waals surface area contributed by atoms with Gasteiger partial charge in [-0.25, -0.2) is 12.8 Å². The molecule has 0 unspecified atom stereocenters. The van der Waals surface area contributed by atoms with E-state index in [-0.39, 0.29) is 28.7 Å². The second-order valence-electron chi connectivity index (χ2n) is 8.65. The topological polar surface area (TPSA) is 65.5 Å². The highest BCUT2D eigenvalue weighted by Gasteiger charge is 2.37. The predicted molar refractivity (Wildman–Crippen MR) is 146 cm³/mol. The smallest absolute Gasteiger partial charge is 0.357 e. The minimum atomic E-state index is -4.72. The van der Waals surface area contributed by atoms with Crippen molar-refractivity contribution in [2.75, 3.05) is 0 Å². The number of nitrogens with one attached hydrogen (secondary N) is 1. The molecule has 0 saturated carbocycles. The molecular formula is C28H24F4N4O2S2. The van der Waals surface area contributed by atoms with Crippen LogP contribution in [0.3, 0.4) is 0 Å². The zero-order chi connectivity index (χ0) is 28.8. The summed E-state index contributed by atoms with van der Waals surface area (Å²) in [4.78, 5) is 3.82. The summed E-state index contributed by atoms with van der Waals surface area (Å²) < 4.78 is 84.2. The van der Waals surface area contributed by atoms with E-state index in [1.165, 1.54) is 71.7 Å². The van der Waals surface area contributed by atoms with Gasteiger partial charge in [-0.1, -0.05) is 48.5 Å². The third-order valence-electron chi connectivity index (χ3n) is 5.89. The van der Waals surface area contributed by atoms with Gasteiger partial charge in [-0.2, -0.15) is 13.2 Å². The van der Waals surface area contributed by atoms with Crippen molar-refractivity contribution in [1.82, 2.24) is 19.7 Å². The SMILES string of the molecule is O=S(=O)(c1ccccc1)N(Cc1ccccc1C(F)(F)F)N(Cc1ccc(F)cc1)C(=S)NCc1ccncc1. The van der Waals surface area contributed by atoms with Gasteiger partial charge < -0.3 is 5.32 Å². The first-order valence-electron chi connectivity index (χ1n) is 12.0. The molecule has 0 aliphatic carbocycles. The molecule has 3 aromatic carbocycles. The van der Waals surface area contributed by atoms with Crippen LogP contribution in [-0.2, 0) is 35.8 Å². The molecule has 1 aromatic heterocycles. The van der Waals surface area contributed by atoms with Crippen molar-refractivity contribution < 1.29 is 26.0 Å². The van der Waals surface area contributed by atoms with Crippen LogP contribution in [-0.4, -0.2) is 27.9 Å². The average molecular weight is 589 g/mol. The Morgan fingerprint density at radius 1 is 0.825 bits per heavy atom. The summed E-state index contributed by atoms with van der Waals surface area (Å²) in [5.74, 6) is -0.499. The first-order chi connectivity index (χ1) is 19.1. The van der Waals surface area contributed by atoms with Crippen LogP contribution in [0.5, 0.6) is 0 Å². The molecule has 4 aromatic rings. The first-order valence-corrected chi connectivity index (χ1v) is 13.8. The van der Waals surface area contributed by atoms with Gasteiger partial charge in [0.2, 0.25) is 0 Å². The van der Waals surface area contributed by atoms with Crippen molar-refractivity contribution in [3.05, 3.63) is 131 Å². The van der Waals surface area contributed by atoms with E-state index in [9.17, 15) is 26.0 Å². The molecule has 4 rings (SSSR count). The van der Waals surface area contributed by atoms with Crippen LogP contribution in [0.2, 0.25) is 0 Å². The number of halogens is 4. The van der Waals surface area contributed by atoms with E-state index in [2.05, 4.69) is 10.3 Å². The van der Waals surface area contributed by atoms with Gasteiger partial charge in [0, 0.05) is 18.9 Å². The maximum absolute atomic E-state index is 14.0. The summed E-state index contributed by atoms with van der Waals surface area (Å²) >= 11 is 5.61. The minimum absolute atomic E-state index is 0.0647. The molecular weight excluding hydrogens is 564 g/mol. The Kier molecular flexibility index (Phi) is 9.13. The molecule has 208 valence electrons. The van der Waals surface area contributed by atoms with Gasteiger partial charge >= 0.3 is 6.18 Å². The number of thiocarbonyl (C=S) groups is 1. The number of aromatic nitrogens is 1. The largest absolute Gasteiger partial charge is 0.416 e. The summed E-state index contributed by atoms with van der Waals surface area (Å²) in [5.41, 5.74) is 0.0296. The highest BCUT2D eigenvalue weighted by Crippen LogP contribution is 2.34. The van der Waals surface area contributed by atoms with Crippen molar-refractivity contribution >= 4 is 27.4 Å². The number of alkyl halides is 3. The molecule has 0 radical (unpaired) electrons. The number of hydrogen-bond acceptors (Lipinski definition) is 4. The average Bonchev–Trinajstić information content (AvgIpc) is 2.95. The monoisotopic (exact) mass is 588 g/mol. The molecule has 12 heteroatoms. The number of benzene rings is 3. The van der Waals surface area contributed by atoms with E-state index in [4.69, 9.17) is 12.2 Å². The Labute approximate surface area is 234 Å². The standard InChI is InChI=1S/C28H24F4N4O2S2/c29-24-12-10-22(11-13-24)19-35(27(39)34-18-21-14-16-33-17-15-21)36(40(37,38)25-7-2-1-3-8-25)20-23-6-4-5-9-26(23)28(30,31)32/h1-17H,18-20H2,(H,34,39). The molecule has 0 atom stereocenters. The lowest BCUT2D eigenvalue weighted by atomic mass is 10.1. The molecule has 1 heterocycles. The van der Waals surface area contributed by atoms with Gasteiger partial charge in [0.25, 0.3) is 10.0 Å². The highest BCUT2D eigenvalue weighted by molar-refractivity contribution is 7.89. The molecule has 0 saturated heterocycles. The maximum Gasteiger partial charge on any atom is 0.416 e. The van der Waals surface area contributed by atoms with E-state index in [1.807, 2.05) is 0 Å². The third kappa shape index (κ3) is 7.20. The highest BCUT2D eigenvalue weighted by atomic mass is 32.2. The molecule has 0 amide bonds. The minimum Gasteiger partial charge on any atom is -0.357 e. The molecule has 0 fully saturated rings. The fourth-order valence-electron chi connectivity index (χ4n) is 3.88. The predicted octanol–water partition coefficient (Wildman–Crippen LogP) is 5.92. The number of hydrazine groups is 1. The van der Waals surface area contributed by atoms with E-state index in [0.717, 1.165) is 16.0 Å². The van der Waals surface area contributed by atoms with E-state index >= 15 is 0 Å². The van der Waals surface area contributed by atoms with Crippen LogP contribution in [0.4, 0.5) is 17.6 Å². The normalized spacial score (nSPS) is 11.8. The van der Waals surface area contributed by atoms with Crippen LogP contribution in [0, 0.1) is 5.82 Å². The van der Waals surface area contributed by atoms with Crippen molar-refractivity contribution in [2.24, 2.45) is 0 Å². The fraction of sp³-hybridized carbons (Fsp3) is 0.143. The van der Waals surface area contributed by atoms with Crippen LogP contribution < -0.4 is 5.32 Å². The zero-order valence-corrected chi connectivity index (χ0v) is 22.6. The number of pyridine rings is 1. The second kappa shape index (κ2) is 12.5. The first kappa shape index (κ1) is 29.1. The third-order valence-corrected chi connectivity index (χ3v) is 7.99. The summed E-state index contributed by atoms with van der Waals surface area (Å²) in [5, 5.41) is 4.11. The van der Waals surface area contributed by atoms with Crippen molar-refractivity contribution in [1.29, 1.82) is 0 Å². The summed E-state index contributed by atoms with van der Waals surface area (Å²) in [6.07, 6.45) is -1.56. The maximum atomic E-state index is 14.0. The van der Waals surface area contributed by atoms with E-state index in [0.29, 0.717) is 5.56 Å². The number of sulfonamides is 1. The Hall–Kier alpha value is -3.87. The lowest BCUT2D eigenvalue weighted by molar-refractivity contribution is -0.138. The van der Waals surface area contributed by atoms with Gasteiger partial charge in [0.1, 0.15) is 5.82 Å². The molecule has 40 heavy (non-hydrogen) atoms. The summed E-state index contributed by atoms with van der Waals surface area (Å²) in [6, 6.07) is 20.9. The van der Waals surface area contributed by atoms with Crippen molar-refractivity contribution in [3.8, 4) is 0 Å². The lowest BCUT2D eigenvalue weighted by Gasteiger charge is -2.36. The molecule has 6 nitrogen and oxygen atoms in total. The van der Waals surface area contributed by atoms with E-state index in [1.54, 1.807) is 30.6 Å². The number of hydrogen-bond donors (Lipinski definition) is 1. The quantitative estimate of drug-likeness (QED) is 0.149. The van der Waals surface area contributed by atoms with Gasteiger partial charge in [-0.3, -0.25) is 9.99 Å². The summed E-state index contributed by atoms with van der Waals surface area (Å²) in [7, 11) is -4.44. The summed E-state index contributed by atoms with van der Waals surface area (Å²) in [6.45, 7) is -0.659. The molecule has 0 spiro atoms. The lowest BCUT2D eigenvalue weighted by Crippen LogP contribution is -2.52. The Morgan fingerprint density at radius 2 is 1.45 bits per heavy atom. The van der Waals surface area contributed by atoms with Gasteiger partial charge in [0.15, 0.2) is 5.11 Å². The van der Waals surface area contributed by atoms with Crippen molar-refractivity contribution in [2.45, 2.75) is 30.7 Å². The Bertz CT molecular complexity index is 1540. The second-order valence-corrected chi connectivity index (χ2v) is 10.9.